The van der Waals surface area contributed by atoms with Gasteiger partial charge in [0.2, 0.25) is 0 Å². The van der Waals surface area contributed by atoms with Crippen molar-refractivity contribution in [2.45, 2.75) is 19.9 Å². The van der Waals surface area contributed by atoms with Gasteiger partial charge in [0, 0.05) is 10.8 Å². The Morgan fingerprint density at radius 2 is 0.949 bits per heavy atom. The van der Waals surface area contributed by atoms with Crippen LogP contribution in [0.15, 0.2) is 130 Å². The lowest BCUT2D eigenvalue weighted by molar-refractivity contribution is 0.636. The molecule has 7 aromatic rings. The topological polar surface area (TPSA) is 38.3 Å². The van der Waals surface area contributed by atoms with Gasteiger partial charge in [0.05, 0.1) is 6.04 Å². The first kappa shape index (κ1) is 23.8. The Labute approximate surface area is 228 Å². The summed E-state index contributed by atoms with van der Waals surface area (Å²) in [5.41, 5.74) is 6.26. The van der Waals surface area contributed by atoms with Crippen LogP contribution in [0.5, 0.6) is 0 Å². The minimum Gasteiger partial charge on any atom is -0.408 e. The van der Waals surface area contributed by atoms with Crippen LogP contribution in [0.4, 0.5) is 0 Å². The molecule has 0 bridgehead atoms. The van der Waals surface area contributed by atoms with Gasteiger partial charge in [0.15, 0.2) is 0 Å². The third kappa shape index (κ3) is 4.21. The molecule has 0 amide bonds. The third-order valence-corrected chi connectivity index (χ3v) is 8.64. The van der Waals surface area contributed by atoms with Crippen molar-refractivity contribution in [3.05, 3.63) is 144 Å². The van der Waals surface area contributed by atoms with Crippen molar-refractivity contribution in [2.24, 2.45) is 0 Å². The van der Waals surface area contributed by atoms with E-state index >= 15 is 0 Å². The first-order valence-electron chi connectivity index (χ1n) is 13.2. The van der Waals surface area contributed by atoms with Gasteiger partial charge in [-0.15, -0.1) is 0 Å². The molecule has 1 aromatic heterocycles. The highest BCUT2D eigenvalue weighted by Gasteiger charge is 2.20. The van der Waals surface area contributed by atoms with Crippen molar-refractivity contribution in [2.75, 3.05) is 5.09 Å². The molecule has 0 saturated heterocycles. The van der Waals surface area contributed by atoms with Crippen LogP contribution in [-0.4, -0.2) is 0 Å². The summed E-state index contributed by atoms with van der Waals surface area (Å²) in [6.45, 7) is 4.27. The van der Waals surface area contributed by atoms with Crippen molar-refractivity contribution >= 4 is 51.6 Å². The monoisotopic (exact) mass is 525 g/mol. The molecule has 3 nitrogen and oxygen atoms in total. The van der Waals surface area contributed by atoms with Crippen molar-refractivity contribution < 1.29 is 8.39 Å². The zero-order valence-corrected chi connectivity index (χ0v) is 22.8. The molecular formula is C35H28NO2P. The van der Waals surface area contributed by atoms with Gasteiger partial charge < -0.3 is 8.39 Å². The molecule has 1 N–H and O–H groups in total. The fraction of sp³-hybridized carbons (Fsp3) is 0.0857. The summed E-state index contributed by atoms with van der Waals surface area (Å²) >= 11 is 0. The van der Waals surface area contributed by atoms with Gasteiger partial charge in [-0.3, -0.25) is 0 Å². The van der Waals surface area contributed by atoms with E-state index in [2.05, 4.69) is 128 Å². The predicted octanol–water partition coefficient (Wildman–Crippen LogP) is 10.5. The molecule has 0 atom stereocenters. The third-order valence-electron chi connectivity index (χ3n) is 7.47. The number of benzene rings is 6. The number of rotatable bonds is 4. The molecule has 7 rings (SSSR count). The molecule has 1 heterocycles. The van der Waals surface area contributed by atoms with Gasteiger partial charge >= 0.3 is 8.16 Å². The Hall–Kier alpha value is -4.30. The van der Waals surface area contributed by atoms with Crippen LogP contribution in [0.3, 0.4) is 0 Å². The Morgan fingerprint density at radius 3 is 1.41 bits per heavy atom. The lowest BCUT2D eigenvalue weighted by Gasteiger charge is -2.18. The summed E-state index contributed by atoms with van der Waals surface area (Å²) in [4.78, 5) is 0. The quantitative estimate of drug-likeness (QED) is 0.248. The Kier molecular flexibility index (Phi) is 5.97. The van der Waals surface area contributed by atoms with E-state index in [1.54, 1.807) is 0 Å². The smallest absolute Gasteiger partial charge is 0.307 e. The largest absolute Gasteiger partial charge is 0.408 e. The van der Waals surface area contributed by atoms with Gasteiger partial charge in [0.25, 0.3) is 0 Å². The van der Waals surface area contributed by atoms with Crippen molar-refractivity contribution in [1.29, 1.82) is 0 Å². The van der Waals surface area contributed by atoms with Crippen molar-refractivity contribution in [3.63, 3.8) is 0 Å². The van der Waals surface area contributed by atoms with Crippen LogP contribution in [0.25, 0.3) is 43.5 Å². The number of nitrogens with one attached hydrogen (secondary N) is 1. The first-order chi connectivity index (χ1) is 19.2. The molecular weight excluding hydrogens is 497 g/mol. The summed E-state index contributed by atoms with van der Waals surface area (Å²) < 4.78 is 13.8. The van der Waals surface area contributed by atoms with E-state index in [4.69, 9.17) is 8.39 Å². The standard InChI is InChI=1S/C35H28NO2P/c1-23-21-27-17-9-11-19-29(27)31-32-30-20-12-10-18-28(30)22-24(2)35(32)38-39(37-34(23)31)36-33(25-13-5-3-6-14-25)26-15-7-4-8-16-26/h3-22,33,36H,1-2H3. The van der Waals surface area contributed by atoms with Crippen LogP contribution in [0.2, 0.25) is 0 Å². The van der Waals surface area contributed by atoms with E-state index in [1.165, 1.54) is 21.5 Å². The Balaban J connectivity index is 1.60. The average Bonchev–Trinajstić information content (AvgIpc) is 3.15. The number of hydrogen-bond donors (Lipinski definition) is 1. The molecule has 0 fully saturated rings. The highest BCUT2D eigenvalue weighted by Crippen LogP contribution is 2.44. The predicted molar refractivity (Wildman–Crippen MR) is 165 cm³/mol. The summed E-state index contributed by atoms with van der Waals surface area (Å²) in [7, 11) is -1.55. The van der Waals surface area contributed by atoms with E-state index < -0.39 is 8.16 Å². The normalized spacial score (nSPS) is 11.7. The van der Waals surface area contributed by atoms with Gasteiger partial charge in [-0.2, -0.15) is 0 Å². The number of fused-ring (bicyclic) bond motifs is 7. The fourth-order valence-electron chi connectivity index (χ4n) is 5.64. The van der Waals surface area contributed by atoms with E-state index in [0.717, 1.165) is 44.2 Å². The van der Waals surface area contributed by atoms with Crippen LogP contribution < -0.4 is 5.09 Å². The van der Waals surface area contributed by atoms with Crippen LogP contribution in [0.1, 0.15) is 28.3 Å². The molecule has 0 radical (unpaired) electrons. The van der Waals surface area contributed by atoms with Crippen LogP contribution in [0, 0.1) is 13.8 Å². The maximum atomic E-state index is 6.89. The zero-order chi connectivity index (χ0) is 26.3. The van der Waals surface area contributed by atoms with Crippen molar-refractivity contribution in [1.82, 2.24) is 0 Å². The molecule has 6 aromatic carbocycles. The molecule has 0 aliphatic heterocycles. The van der Waals surface area contributed by atoms with Crippen LogP contribution >= 0.6 is 8.16 Å². The van der Waals surface area contributed by atoms with Crippen molar-refractivity contribution in [3.8, 4) is 0 Å². The fourth-order valence-corrected chi connectivity index (χ4v) is 7.10. The zero-order valence-electron chi connectivity index (χ0n) is 21.9. The van der Waals surface area contributed by atoms with Gasteiger partial charge in [-0.25, -0.2) is 5.09 Å². The summed E-state index contributed by atoms with van der Waals surface area (Å²) in [5, 5.41) is 10.7. The second-order valence-corrected chi connectivity index (χ2v) is 11.2. The maximum absolute atomic E-state index is 6.89. The first-order valence-corrected chi connectivity index (χ1v) is 14.4. The molecule has 0 aliphatic rings. The summed E-state index contributed by atoms with van der Waals surface area (Å²) in [5.74, 6) is 0. The highest BCUT2D eigenvalue weighted by molar-refractivity contribution is 7.38. The lowest BCUT2D eigenvalue weighted by atomic mass is 9.95. The minimum atomic E-state index is -1.55. The minimum absolute atomic E-state index is 0.0926. The molecule has 0 unspecified atom stereocenters. The molecule has 39 heavy (non-hydrogen) atoms. The molecule has 0 aliphatic carbocycles. The highest BCUT2D eigenvalue weighted by atomic mass is 31.1. The SMILES string of the molecule is Cc1cc2ccccc2c2c1op(NC(c1ccccc1)c1ccccc1)oc1c(C)cc3ccccc3c12. The van der Waals surface area contributed by atoms with Gasteiger partial charge in [-0.05, 0) is 69.8 Å². The van der Waals surface area contributed by atoms with E-state index in [9.17, 15) is 0 Å². The summed E-state index contributed by atoms with van der Waals surface area (Å²) in [6.07, 6.45) is 0. The van der Waals surface area contributed by atoms with E-state index in [0.29, 0.717) is 0 Å². The maximum Gasteiger partial charge on any atom is 0.307 e. The van der Waals surface area contributed by atoms with E-state index in [-0.39, 0.29) is 6.04 Å². The molecule has 0 spiro atoms. The molecule has 4 heteroatoms. The van der Waals surface area contributed by atoms with Crippen LogP contribution in [-0.2, 0) is 0 Å². The summed E-state index contributed by atoms with van der Waals surface area (Å²) in [6, 6.07) is 42.5. The number of hydrogen-bond acceptors (Lipinski definition) is 3. The van der Waals surface area contributed by atoms with E-state index in [1.807, 2.05) is 12.1 Å². The second-order valence-electron chi connectivity index (χ2n) is 10.1. The van der Waals surface area contributed by atoms with Gasteiger partial charge in [0.1, 0.15) is 11.2 Å². The number of aryl methyl sites for hydroxylation is 2. The molecule has 0 saturated carbocycles. The Bertz CT molecular complexity index is 1870. The average molecular weight is 526 g/mol. The molecule has 190 valence electrons. The lowest BCUT2D eigenvalue weighted by Crippen LogP contribution is -2.09. The van der Waals surface area contributed by atoms with Gasteiger partial charge in [-0.1, -0.05) is 109 Å². The Morgan fingerprint density at radius 1 is 0.538 bits per heavy atom. The second kappa shape index (κ2) is 9.78.